The van der Waals surface area contributed by atoms with Crippen LogP contribution in [0.4, 0.5) is 17.6 Å². The van der Waals surface area contributed by atoms with Crippen LogP contribution < -0.4 is 5.48 Å². The van der Waals surface area contributed by atoms with Gasteiger partial charge in [-0.2, -0.15) is 18.7 Å². The van der Waals surface area contributed by atoms with Crippen molar-refractivity contribution in [3.8, 4) is 0 Å². The number of hydroxylamine groups is 1. The van der Waals surface area contributed by atoms with Crippen molar-refractivity contribution in [3.63, 3.8) is 0 Å². The third kappa shape index (κ3) is 5.67. The Balaban J connectivity index is 2.21. The van der Waals surface area contributed by atoms with Crippen LogP contribution in [-0.4, -0.2) is 12.5 Å². The van der Waals surface area contributed by atoms with E-state index < -0.39 is 19.0 Å². The monoisotopic (exact) mass is 237 g/mol. The molecule has 0 aromatic heterocycles. The Kier molecular flexibility index (Phi) is 4.70. The molecular formula is C10H11F4NO. The highest BCUT2D eigenvalue weighted by Crippen LogP contribution is 2.22. The second-order valence-corrected chi connectivity index (χ2v) is 3.15. The van der Waals surface area contributed by atoms with E-state index in [-0.39, 0.29) is 6.54 Å². The number of halogens is 4. The summed E-state index contributed by atoms with van der Waals surface area (Å²) in [7, 11) is 0. The van der Waals surface area contributed by atoms with Crippen molar-refractivity contribution < 1.29 is 22.4 Å². The quantitative estimate of drug-likeness (QED) is 0.628. The van der Waals surface area contributed by atoms with Crippen LogP contribution in [0.5, 0.6) is 0 Å². The SMILES string of the molecule is FC(CC(F)(F)F)ONCc1ccccc1. The van der Waals surface area contributed by atoms with E-state index >= 15 is 0 Å². The first-order chi connectivity index (χ1) is 7.47. The van der Waals surface area contributed by atoms with Crippen molar-refractivity contribution in [3.05, 3.63) is 35.9 Å². The number of rotatable bonds is 5. The Bertz CT molecular complexity index is 301. The maximum Gasteiger partial charge on any atom is 0.394 e. The fourth-order valence-corrected chi connectivity index (χ4v) is 1.03. The lowest BCUT2D eigenvalue weighted by molar-refractivity contribution is -0.199. The van der Waals surface area contributed by atoms with Crippen LogP contribution in [0.25, 0.3) is 0 Å². The van der Waals surface area contributed by atoms with Gasteiger partial charge in [0.25, 0.3) is 0 Å². The molecule has 0 heterocycles. The molecule has 2 nitrogen and oxygen atoms in total. The molecule has 1 rings (SSSR count). The van der Waals surface area contributed by atoms with Crippen LogP contribution in [0.2, 0.25) is 0 Å². The zero-order valence-electron chi connectivity index (χ0n) is 8.30. The number of nitrogens with one attached hydrogen (secondary N) is 1. The van der Waals surface area contributed by atoms with Crippen LogP contribution >= 0.6 is 0 Å². The highest BCUT2D eigenvalue weighted by Gasteiger charge is 2.32. The lowest BCUT2D eigenvalue weighted by Gasteiger charge is -2.12. The molecule has 1 aromatic rings. The van der Waals surface area contributed by atoms with Crippen molar-refractivity contribution in [2.75, 3.05) is 0 Å². The van der Waals surface area contributed by atoms with Crippen molar-refractivity contribution >= 4 is 0 Å². The largest absolute Gasteiger partial charge is 0.394 e. The molecule has 1 atom stereocenters. The van der Waals surface area contributed by atoms with E-state index in [1.54, 1.807) is 30.3 Å². The minimum atomic E-state index is -4.56. The van der Waals surface area contributed by atoms with E-state index in [9.17, 15) is 17.6 Å². The van der Waals surface area contributed by atoms with Gasteiger partial charge in [0.1, 0.15) is 6.42 Å². The molecule has 0 saturated heterocycles. The lowest BCUT2D eigenvalue weighted by Crippen LogP contribution is -2.25. The third-order valence-electron chi connectivity index (χ3n) is 1.72. The van der Waals surface area contributed by atoms with Crippen molar-refractivity contribution in [2.24, 2.45) is 0 Å². The first-order valence-corrected chi connectivity index (χ1v) is 4.60. The molecule has 0 bridgehead atoms. The Labute approximate surface area is 90.2 Å². The van der Waals surface area contributed by atoms with Crippen molar-refractivity contribution in [1.29, 1.82) is 0 Å². The van der Waals surface area contributed by atoms with Gasteiger partial charge in [-0.05, 0) is 5.56 Å². The summed E-state index contributed by atoms with van der Waals surface area (Å²) in [5.41, 5.74) is 2.94. The molecule has 0 amide bonds. The highest BCUT2D eigenvalue weighted by molar-refractivity contribution is 5.13. The summed E-state index contributed by atoms with van der Waals surface area (Å²) in [6, 6.07) is 8.81. The molecule has 0 fully saturated rings. The predicted molar refractivity (Wildman–Crippen MR) is 49.9 cm³/mol. The predicted octanol–water partition coefficient (Wildman–Crippen LogP) is 2.96. The summed E-state index contributed by atoms with van der Waals surface area (Å²) >= 11 is 0. The van der Waals surface area contributed by atoms with Gasteiger partial charge in [-0.1, -0.05) is 30.3 Å². The molecule has 0 saturated carbocycles. The van der Waals surface area contributed by atoms with Crippen LogP contribution in [0.3, 0.4) is 0 Å². The van der Waals surface area contributed by atoms with Gasteiger partial charge >= 0.3 is 6.18 Å². The molecular weight excluding hydrogens is 226 g/mol. The number of benzene rings is 1. The normalized spacial score (nSPS) is 13.8. The average Bonchev–Trinajstić information content (AvgIpc) is 2.16. The van der Waals surface area contributed by atoms with Gasteiger partial charge in [0.15, 0.2) is 0 Å². The fourth-order valence-electron chi connectivity index (χ4n) is 1.03. The van der Waals surface area contributed by atoms with Gasteiger partial charge in [-0.3, -0.25) is 4.84 Å². The molecule has 1 unspecified atom stereocenters. The van der Waals surface area contributed by atoms with Crippen LogP contribution in [0.15, 0.2) is 30.3 Å². The Morgan fingerprint density at radius 3 is 2.38 bits per heavy atom. The zero-order chi connectivity index (χ0) is 12.0. The molecule has 0 spiro atoms. The van der Waals surface area contributed by atoms with E-state index in [0.29, 0.717) is 0 Å². The lowest BCUT2D eigenvalue weighted by atomic mass is 10.2. The summed E-state index contributed by atoms with van der Waals surface area (Å²) in [6.07, 6.45) is -8.56. The number of hydrogen-bond acceptors (Lipinski definition) is 2. The molecule has 1 aromatic carbocycles. The fraction of sp³-hybridized carbons (Fsp3) is 0.400. The zero-order valence-corrected chi connectivity index (χ0v) is 8.30. The molecule has 16 heavy (non-hydrogen) atoms. The summed E-state index contributed by atoms with van der Waals surface area (Å²) < 4.78 is 47.7. The van der Waals surface area contributed by atoms with Gasteiger partial charge in [-0.15, -0.1) is 0 Å². The van der Waals surface area contributed by atoms with E-state index in [1.807, 2.05) is 0 Å². The van der Waals surface area contributed by atoms with E-state index in [2.05, 4.69) is 10.3 Å². The average molecular weight is 237 g/mol. The first-order valence-electron chi connectivity index (χ1n) is 4.60. The van der Waals surface area contributed by atoms with Crippen LogP contribution in [0.1, 0.15) is 12.0 Å². The van der Waals surface area contributed by atoms with Crippen molar-refractivity contribution in [1.82, 2.24) is 5.48 Å². The van der Waals surface area contributed by atoms with Gasteiger partial charge in [0.05, 0.1) is 0 Å². The topological polar surface area (TPSA) is 21.3 Å². The molecule has 6 heteroatoms. The molecule has 0 aliphatic rings. The Morgan fingerprint density at radius 2 is 1.81 bits per heavy atom. The highest BCUT2D eigenvalue weighted by atomic mass is 19.4. The standard InChI is InChI=1S/C10H11F4NO/c11-9(6-10(12,13)14)16-15-7-8-4-2-1-3-5-8/h1-5,9,15H,6-7H2. The van der Waals surface area contributed by atoms with Crippen LogP contribution in [0, 0.1) is 0 Å². The number of alkyl halides is 4. The second kappa shape index (κ2) is 5.81. The van der Waals surface area contributed by atoms with E-state index in [0.717, 1.165) is 5.56 Å². The molecule has 0 aliphatic carbocycles. The van der Waals surface area contributed by atoms with Gasteiger partial charge in [0, 0.05) is 6.54 Å². The first kappa shape index (κ1) is 12.9. The minimum Gasteiger partial charge on any atom is -0.264 e. The summed E-state index contributed by atoms with van der Waals surface area (Å²) in [5.74, 6) is 0. The molecule has 0 radical (unpaired) electrons. The summed E-state index contributed by atoms with van der Waals surface area (Å²) in [5, 5.41) is 0. The molecule has 0 aliphatic heterocycles. The summed E-state index contributed by atoms with van der Waals surface area (Å²) in [4.78, 5) is 4.19. The van der Waals surface area contributed by atoms with Crippen LogP contribution in [-0.2, 0) is 11.4 Å². The van der Waals surface area contributed by atoms with Gasteiger partial charge in [-0.25, -0.2) is 4.39 Å². The number of hydrogen-bond donors (Lipinski definition) is 1. The van der Waals surface area contributed by atoms with E-state index in [1.165, 1.54) is 0 Å². The Hall–Kier alpha value is -1.14. The third-order valence-corrected chi connectivity index (χ3v) is 1.72. The maximum absolute atomic E-state index is 12.6. The minimum absolute atomic E-state index is 0.152. The molecule has 90 valence electrons. The Morgan fingerprint density at radius 1 is 1.19 bits per heavy atom. The van der Waals surface area contributed by atoms with E-state index in [4.69, 9.17) is 0 Å². The molecule has 1 N–H and O–H groups in total. The van der Waals surface area contributed by atoms with Crippen molar-refractivity contribution in [2.45, 2.75) is 25.5 Å². The summed E-state index contributed by atoms with van der Waals surface area (Å²) in [6.45, 7) is 0.152. The van der Waals surface area contributed by atoms with Gasteiger partial charge in [0.2, 0.25) is 6.36 Å². The maximum atomic E-state index is 12.6. The second-order valence-electron chi connectivity index (χ2n) is 3.15. The smallest absolute Gasteiger partial charge is 0.264 e. The van der Waals surface area contributed by atoms with Gasteiger partial charge < -0.3 is 0 Å².